The molecule has 0 nitrogen and oxygen atoms in total. The molecule has 0 N–H and O–H groups in total. The molecule has 0 spiro atoms. The van der Waals surface area contributed by atoms with Crippen molar-refractivity contribution >= 4 is 0 Å². The Morgan fingerprint density at radius 1 is 0.765 bits per heavy atom. The van der Waals surface area contributed by atoms with Crippen molar-refractivity contribution in [3.8, 4) is 0 Å². The Labute approximate surface area is 110 Å². The lowest BCUT2D eigenvalue weighted by molar-refractivity contribution is 0.555. The zero-order valence-corrected chi connectivity index (χ0v) is 12.1. The van der Waals surface area contributed by atoms with Crippen LogP contribution in [0.25, 0.3) is 0 Å². The van der Waals surface area contributed by atoms with Gasteiger partial charge >= 0.3 is 0 Å². The van der Waals surface area contributed by atoms with Gasteiger partial charge in [-0.2, -0.15) is 0 Å². The summed E-state index contributed by atoms with van der Waals surface area (Å²) in [6, 6.07) is 0. The lowest BCUT2D eigenvalue weighted by atomic mass is 10.0. The minimum absolute atomic E-state index is 1.22. The van der Waals surface area contributed by atoms with E-state index in [0.717, 1.165) is 0 Å². The molecule has 0 atom stereocenters. The molecule has 0 bridgehead atoms. The minimum Gasteiger partial charge on any atom is -0.0885 e. The van der Waals surface area contributed by atoms with Crippen molar-refractivity contribution in [1.29, 1.82) is 0 Å². The SMILES string of the molecule is [CH2]/C=C/CCCCCCCCCCC[C](C)C. The van der Waals surface area contributed by atoms with Gasteiger partial charge in [0.25, 0.3) is 0 Å². The predicted molar refractivity (Wildman–Crippen MR) is 79.9 cm³/mol. The number of hydrogen-bond acceptors (Lipinski definition) is 0. The highest BCUT2D eigenvalue weighted by Gasteiger charge is 1.95. The molecule has 0 aromatic heterocycles. The highest BCUT2D eigenvalue weighted by atomic mass is 14.0. The van der Waals surface area contributed by atoms with Gasteiger partial charge in [0.1, 0.15) is 0 Å². The van der Waals surface area contributed by atoms with Crippen LogP contribution in [0.1, 0.15) is 84.5 Å². The van der Waals surface area contributed by atoms with E-state index >= 15 is 0 Å². The van der Waals surface area contributed by atoms with Gasteiger partial charge < -0.3 is 0 Å². The first-order chi connectivity index (χ1) is 8.27. The van der Waals surface area contributed by atoms with Crippen LogP contribution in [0, 0.1) is 12.8 Å². The van der Waals surface area contributed by atoms with E-state index in [-0.39, 0.29) is 0 Å². The van der Waals surface area contributed by atoms with Gasteiger partial charge in [-0.25, -0.2) is 0 Å². The molecule has 0 aromatic carbocycles. The highest BCUT2D eigenvalue weighted by molar-refractivity contribution is 4.83. The van der Waals surface area contributed by atoms with Crippen molar-refractivity contribution in [3.05, 3.63) is 25.0 Å². The Hall–Kier alpha value is -0.260. The molecule has 0 heterocycles. The van der Waals surface area contributed by atoms with Gasteiger partial charge in [0.05, 0.1) is 0 Å². The third kappa shape index (κ3) is 15.7. The van der Waals surface area contributed by atoms with Crippen LogP contribution in [0.2, 0.25) is 0 Å². The van der Waals surface area contributed by atoms with Gasteiger partial charge in [-0.3, -0.25) is 0 Å². The maximum absolute atomic E-state index is 3.70. The van der Waals surface area contributed by atoms with E-state index in [1.54, 1.807) is 5.92 Å². The van der Waals surface area contributed by atoms with Gasteiger partial charge in [-0.15, -0.1) is 0 Å². The zero-order chi connectivity index (χ0) is 12.8. The monoisotopic (exact) mass is 236 g/mol. The van der Waals surface area contributed by atoms with Gasteiger partial charge in [0, 0.05) is 0 Å². The Morgan fingerprint density at radius 3 is 1.71 bits per heavy atom. The predicted octanol–water partition coefficient (Wildman–Crippen LogP) is 6.28. The van der Waals surface area contributed by atoms with E-state index < -0.39 is 0 Å². The summed E-state index contributed by atoms with van der Waals surface area (Å²) in [6.07, 6.45) is 19.4. The summed E-state index contributed by atoms with van der Waals surface area (Å²) in [4.78, 5) is 0. The summed E-state index contributed by atoms with van der Waals surface area (Å²) in [5.74, 6) is 1.58. The fourth-order valence-corrected chi connectivity index (χ4v) is 2.10. The molecule has 0 amide bonds. The van der Waals surface area contributed by atoms with Gasteiger partial charge in [-0.05, 0) is 32.1 Å². The maximum atomic E-state index is 3.70. The summed E-state index contributed by atoms with van der Waals surface area (Å²) in [7, 11) is 0. The molecule has 0 aliphatic carbocycles. The van der Waals surface area contributed by atoms with Crippen LogP contribution >= 0.6 is 0 Å². The molecule has 100 valence electrons. The molecule has 0 fully saturated rings. The number of unbranched alkanes of at least 4 members (excludes halogenated alkanes) is 9. The average Bonchev–Trinajstić information content (AvgIpc) is 2.30. The molecular weight excluding hydrogens is 204 g/mol. The fraction of sp³-hybridized carbons (Fsp3) is 0.765. The summed E-state index contributed by atoms with van der Waals surface area (Å²) in [5, 5.41) is 0. The number of hydrogen-bond donors (Lipinski definition) is 0. The lowest BCUT2D eigenvalue weighted by Gasteiger charge is -2.04. The number of allylic oxidation sites excluding steroid dienone is 2. The summed E-state index contributed by atoms with van der Waals surface area (Å²) < 4.78 is 0. The minimum atomic E-state index is 1.22. The van der Waals surface area contributed by atoms with Crippen LogP contribution in [-0.2, 0) is 0 Å². The highest BCUT2D eigenvalue weighted by Crippen LogP contribution is 2.14. The first-order valence-corrected chi connectivity index (χ1v) is 7.50. The summed E-state index contributed by atoms with van der Waals surface area (Å²) in [6.45, 7) is 8.18. The molecule has 0 saturated heterocycles. The molecular formula is C17H32. The van der Waals surface area contributed by atoms with E-state index in [0.29, 0.717) is 0 Å². The first kappa shape index (κ1) is 16.7. The molecule has 0 rings (SSSR count). The summed E-state index contributed by atoms with van der Waals surface area (Å²) >= 11 is 0. The van der Waals surface area contributed by atoms with Crippen LogP contribution in [0.4, 0.5) is 0 Å². The van der Waals surface area contributed by atoms with Gasteiger partial charge in [-0.1, -0.05) is 77.4 Å². The zero-order valence-electron chi connectivity index (χ0n) is 12.1. The van der Waals surface area contributed by atoms with Crippen molar-refractivity contribution in [2.75, 3.05) is 0 Å². The molecule has 0 aromatic rings. The second-order valence-electron chi connectivity index (χ2n) is 5.40. The second kappa shape index (κ2) is 13.8. The van der Waals surface area contributed by atoms with Crippen molar-refractivity contribution < 1.29 is 0 Å². The van der Waals surface area contributed by atoms with Crippen molar-refractivity contribution in [2.45, 2.75) is 84.5 Å². The quantitative estimate of drug-likeness (QED) is 0.350. The fourth-order valence-electron chi connectivity index (χ4n) is 2.10. The smallest absolute Gasteiger partial charge is 0.0303 e. The Kier molecular flexibility index (Phi) is 13.6. The maximum Gasteiger partial charge on any atom is -0.0303 e. The van der Waals surface area contributed by atoms with E-state index in [4.69, 9.17) is 0 Å². The third-order valence-electron chi connectivity index (χ3n) is 3.21. The third-order valence-corrected chi connectivity index (χ3v) is 3.21. The van der Waals surface area contributed by atoms with Crippen LogP contribution < -0.4 is 0 Å². The largest absolute Gasteiger partial charge is 0.0885 e. The van der Waals surface area contributed by atoms with Crippen LogP contribution in [0.15, 0.2) is 12.2 Å². The van der Waals surface area contributed by atoms with Crippen molar-refractivity contribution in [1.82, 2.24) is 0 Å². The van der Waals surface area contributed by atoms with E-state index in [1.165, 1.54) is 70.6 Å². The van der Waals surface area contributed by atoms with Gasteiger partial charge in [0.15, 0.2) is 0 Å². The molecule has 0 aliphatic heterocycles. The topological polar surface area (TPSA) is 0 Å². The van der Waals surface area contributed by atoms with Crippen molar-refractivity contribution in [2.24, 2.45) is 0 Å². The molecule has 2 radical (unpaired) electrons. The van der Waals surface area contributed by atoms with Crippen LogP contribution in [-0.4, -0.2) is 0 Å². The molecule has 0 aliphatic rings. The van der Waals surface area contributed by atoms with E-state index in [1.807, 2.05) is 6.08 Å². The molecule has 17 heavy (non-hydrogen) atoms. The Balaban J connectivity index is 2.94. The first-order valence-electron chi connectivity index (χ1n) is 7.50. The second-order valence-corrected chi connectivity index (χ2v) is 5.40. The molecule has 0 heteroatoms. The van der Waals surface area contributed by atoms with Crippen molar-refractivity contribution in [3.63, 3.8) is 0 Å². The Morgan fingerprint density at radius 2 is 1.24 bits per heavy atom. The molecule has 0 unspecified atom stereocenters. The lowest BCUT2D eigenvalue weighted by Crippen LogP contribution is -1.85. The summed E-state index contributed by atoms with van der Waals surface area (Å²) in [5.41, 5.74) is 0. The molecule has 0 saturated carbocycles. The van der Waals surface area contributed by atoms with Gasteiger partial charge in [0.2, 0.25) is 0 Å². The van der Waals surface area contributed by atoms with E-state index in [9.17, 15) is 0 Å². The van der Waals surface area contributed by atoms with Crippen LogP contribution in [0.3, 0.4) is 0 Å². The van der Waals surface area contributed by atoms with E-state index in [2.05, 4.69) is 26.8 Å². The standard InChI is InChI=1S/C17H32/c1-4-5-6-7-8-9-10-11-12-13-14-15-16-17(2)3/h4-5H,1,6-16H2,2-3H3/b5-4+. The average molecular weight is 236 g/mol. The Bertz CT molecular complexity index is 155. The normalized spacial score (nSPS) is 11.8. The van der Waals surface area contributed by atoms with Crippen LogP contribution in [0.5, 0.6) is 0 Å². The number of rotatable bonds is 12.